The Labute approximate surface area is 95.9 Å². The number of rotatable bonds is 2. The molecule has 1 aliphatic rings. The third-order valence-corrected chi connectivity index (χ3v) is 3.39. The van der Waals surface area contributed by atoms with Gasteiger partial charge in [0.05, 0.1) is 27.7 Å². The molecule has 0 amide bonds. The minimum absolute atomic E-state index is 0. The van der Waals surface area contributed by atoms with Crippen molar-refractivity contribution in [3.05, 3.63) is 0 Å². The summed E-state index contributed by atoms with van der Waals surface area (Å²) in [6, 6.07) is 0. The lowest BCUT2D eigenvalue weighted by atomic mass is 9.75. The predicted octanol–water partition coefficient (Wildman–Crippen LogP) is -0.231. The van der Waals surface area contributed by atoms with E-state index in [1.807, 2.05) is 0 Å². The van der Waals surface area contributed by atoms with Crippen molar-refractivity contribution in [3.8, 4) is 0 Å². The van der Waals surface area contributed by atoms with Gasteiger partial charge in [0.1, 0.15) is 0 Å². The van der Waals surface area contributed by atoms with Crippen molar-refractivity contribution < 1.29 is 16.9 Å². The van der Waals surface area contributed by atoms with Crippen molar-refractivity contribution in [3.63, 3.8) is 0 Å². The molecule has 0 aromatic heterocycles. The summed E-state index contributed by atoms with van der Waals surface area (Å²) < 4.78 is 1.13. The molecule has 14 heavy (non-hydrogen) atoms. The molecule has 0 aliphatic heterocycles. The minimum Gasteiger partial charge on any atom is -1.00 e. The van der Waals surface area contributed by atoms with Crippen molar-refractivity contribution in [2.24, 2.45) is 17.8 Å². The highest BCUT2D eigenvalue weighted by molar-refractivity contribution is 4.75. The number of hydrogen-bond acceptors (Lipinski definition) is 0. The van der Waals surface area contributed by atoms with Crippen LogP contribution in [0, 0.1) is 17.8 Å². The van der Waals surface area contributed by atoms with E-state index in [0.717, 1.165) is 22.2 Å². The topological polar surface area (TPSA) is 0 Å². The average Bonchev–Trinajstić information content (AvgIpc) is 1.93. The minimum atomic E-state index is 0. The highest BCUT2D eigenvalue weighted by Gasteiger charge is 2.29. The number of halogens is 1. The second-order valence-electron chi connectivity index (χ2n) is 6.13. The van der Waals surface area contributed by atoms with Gasteiger partial charge in [0, 0.05) is 5.92 Å². The van der Waals surface area contributed by atoms with Gasteiger partial charge in [0.25, 0.3) is 0 Å². The van der Waals surface area contributed by atoms with E-state index in [1.54, 1.807) is 0 Å². The quantitative estimate of drug-likeness (QED) is 0.563. The normalized spacial score (nSPS) is 33.6. The molecule has 1 rings (SSSR count). The maximum atomic E-state index is 2.44. The van der Waals surface area contributed by atoms with Crippen molar-refractivity contribution in [1.29, 1.82) is 0 Å². The Balaban J connectivity index is 0.00000169. The van der Waals surface area contributed by atoms with E-state index in [0.29, 0.717) is 0 Å². The molecule has 1 nitrogen and oxygen atoms in total. The molecule has 0 heterocycles. The summed E-state index contributed by atoms with van der Waals surface area (Å²) in [7, 11) is 6.93. The van der Waals surface area contributed by atoms with Crippen LogP contribution in [-0.4, -0.2) is 32.2 Å². The Morgan fingerprint density at radius 3 is 2.07 bits per heavy atom. The smallest absolute Gasteiger partial charge is 0.0811 e. The fourth-order valence-corrected chi connectivity index (χ4v) is 2.70. The third-order valence-electron chi connectivity index (χ3n) is 3.39. The highest BCUT2D eigenvalue weighted by Crippen LogP contribution is 2.34. The van der Waals surface area contributed by atoms with Gasteiger partial charge in [-0.15, -0.1) is 0 Å². The number of quaternary nitrogens is 1. The van der Waals surface area contributed by atoms with Crippen LogP contribution in [0.2, 0.25) is 0 Å². The first-order valence-corrected chi connectivity index (χ1v) is 5.69. The van der Waals surface area contributed by atoms with E-state index in [9.17, 15) is 0 Å². The molecule has 0 saturated heterocycles. The third kappa shape index (κ3) is 4.65. The van der Waals surface area contributed by atoms with Crippen LogP contribution in [0.1, 0.15) is 33.1 Å². The van der Waals surface area contributed by atoms with E-state index in [2.05, 4.69) is 35.0 Å². The van der Waals surface area contributed by atoms with E-state index in [-0.39, 0.29) is 12.4 Å². The fraction of sp³-hybridized carbons (Fsp3) is 1.00. The monoisotopic (exact) mass is 219 g/mol. The number of hydrogen-bond donors (Lipinski definition) is 0. The summed E-state index contributed by atoms with van der Waals surface area (Å²) in [5.41, 5.74) is 0. The first-order valence-electron chi connectivity index (χ1n) is 5.69. The van der Waals surface area contributed by atoms with Gasteiger partial charge in [0.15, 0.2) is 0 Å². The molecular weight excluding hydrogens is 194 g/mol. The summed E-state index contributed by atoms with van der Waals surface area (Å²) in [6.07, 6.45) is 4.36. The van der Waals surface area contributed by atoms with Gasteiger partial charge >= 0.3 is 0 Å². The van der Waals surface area contributed by atoms with E-state index in [4.69, 9.17) is 0 Å². The zero-order valence-corrected chi connectivity index (χ0v) is 11.1. The van der Waals surface area contributed by atoms with E-state index < -0.39 is 0 Å². The molecule has 0 bridgehead atoms. The lowest BCUT2D eigenvalue weighted by Gasteiger charge is -2.37. The molecule has 0 aromatic carbocycles. The molecule has 0 N–H and O–H groups in total. The van der Waals surface area contributed by atoms with Crippen LogP contribution in [0.25, 0.3) is 0 Å². The Morgan fingerprint density at radius 1 is 1.07 bits per heavy atom. The predicted molar refractivity (Wildman–Crippen MR) is 58.6 cm³/mol. The molecule has 3 unspecified atom stereocenters. The Bertz CT molecular complexity index is 162. The molecule has 1 saturated carbocycles. The summed E-state index contributed by atoms with van der Waals surface area (Å²) in [4.78, 5) is 0. The maximum absolute atomic E-state index is 2.44. The summed E-state index contributed by atoms with van der Waals surface area (Å²) in [5, 5.41) is 0. The van der Waals surface area contributed by atoms with Gasteiger partial charge in [-0.3, -0.25) is 0 Å². The van der Waals surface area contributed by atoms with Crippen molar-refractivity contribution in [2.75, 3.05) is 27.7 Å². The van der Waals surface area contributed by atoms with Crippen LogP contribution in [0.3, 0.4) is 0 Å². The molecule has 0 aromatic rings. The second kappa shape index (κ2) is 5.37. The first kappa shape index (κ1) is 14.2. The van der Waals surface area contributed by atoms with Crippen LogP contribution in [-0.2, 0) is 0 Å². The lowest BCUT2D eigenvalue weighted by Crippen LogP contribution is -3.00. The first-order chi connectivity index (χ1) is 5.88. The second-order valence-corrected chi connectivity index (χ2v) is 6.13. The van der Waals surface area contributed by atoms with Gasteiger partial charge in [-0.25, -0.2) is 0 Å². The van der Waals surface area contributed by atoms with Gasteiger partial charge in [0.2, 0.25) is 0 Å². The van der Waals surface area contributed by atoms with Gasteiger partial charge in [-0.2, -0.15) is 0 Å². The zero-order chi connectivity index (χ0) is 10.1. The summed E-state index contributed by atoms with van der Waals surface area (Å²) >= 11 is 0. The highest BCUT2D eigenvalue weighted by atomic mass is 35.5. The Hall–Kier alpha value is 0.250. The van der Waals surface area contributed by atoms with Crippen LogP contribution in [0.5, 0.6) is 0 Å². The van der Waals surface area contributed by atoms with Crippen molar-refractivity contribution in [1.82, 2.24) is 0 Å². The average molecular weight is 220 g/mol. The Kier molecular flexibility index (Phi) is 5.46. The van der Waals surface area contributed by atoms with Gasteiger partial charge in [-0.1, -0.05) is 20.3 Å². The fourth-order valence-electron chi connectivity index (χ4n) is 2.70. The molecule has 0 spiro atoms. The van der Waals surface area contributed by atoms with Crippen molar-refractivity contribution in [2.45, 2.75) is 33.1 Å². The molecule has 1 fully saturated rings. The SMILES string of the molecule is CC1CCC(C[N+](C)(C)C)C(C)C1.[Cl-]. The Morgan fingerprint density at radius 2 is 1.64 bits per heavy atom. The summed E-state index contributed by atoms with van der Waals surface area (Å²) in [6.45, 7) is 6.20. The largest absolute Gasteiger partial charge is 1.00 e. The van der Waals surface area contributed by atoms with Crippen LogP contribution in [0.15, 0.2) is 0 Å². The van der Waals surface area contributed by atoms with Crippen LogP contribution in [0.4, 0.5) is 0 Å². The van der Waals surface area contributed by atoms with Gasteiger partial charge in [-0.05, 0) is 24.7 Å². The molecule has 1 aliphatic carbocycles. The van der Waals surface area contributed by atoms with Crippen molar-refractivity contribution >= 4 is 0 Å². The lowest BCUT2D eigenvalue weighted by molar-refractivity contribution is -0.874. The van der Waals surface area contributed by atoms with Crippen LogP contribution < -0.4 is 12.4 Å². The molecule has 0 radical (unpaired) electrons. The standard InChI is InChI=1S/C12H26N.ClH/c1-10-6-7-12(11(2)8-10)9-13(3,4)5;/h10-12H,6-9H2,1-5H3;1H/q+1;/p-1. The molecule has 2 heteroatoms. The van der Waals surface area contributed by atoms with Crippen LogP contribution >= 0.6 is 0 Å². The van der Waals surface area contributed by atoms with E-state index in [1.165, 1.54) is 25.8 Å². The van der Waals surface area contributed by atoms with Gasteiger partial charge < -0.3 is 16.9 Å². The van der Waals surface area contributed by atoms with E-state index >= 15 is 0 Å². The molecular formula is C12H26ClN. The molecule has 86 valence electrons. The molecule has 3 atom stereocenters. The maximum Gasteiger partial charge on any atom is 0.0811 e. The summed E-state index contributed by atoms with van der Waals surface area (Å²) in [5.74, 6) is 2.89. The zero-order valence-electron chi connectivity index (χ0n) is 10.4. The number of nitrogens with zero attached hydrogens (tertiary/aromatic N) is 1.